The molecule has 2 nitrogen and oxygen atoms in total. The van der Waals surface area contributed by atoms with E-state index in [-0.39, 0.29) is 11.8 Å². The van der Waals surface area contributed by atoms with Crippen molar-refractivity contribution in [1.82, 2.24) is 4.90 Å². The summed E-state index contributed by atoms with van der Waals surface area (Å²) < 4.78 is 0. The Hall–Kier alpha value is -0.0200. The molecule has 0 spiro atoms. The lowest BCUT2D eigenvalue weighted by molar-refractivity contribution is -0.122. The van der Waals surface area contributed by atoms with Gasteiger partial charge in [0.2, 0.25) is 0 Å². The third-order valence-corrected chi connectivity index (χ3v) is 2.54. The predicted octanol–water partition coefficient (Wildman–Crippen LogP) is 1.99. The lowest BCUT2D eigenvalue weighted by atomic mass is 10.1. The first-order valence-electron chi connectivity index (χ1n) is 4.80. The summed E-state index contributed by atoms with van der Waals surface area (Å²) in [5, 5.41) is 0. The van der Waals surface area contributed by atoms with Gasteiger partial charge in [-0.1, -0.05) is 0 Å². The van der Waals surface area contributed by atoms with E-state index in [0.717, 1.165) is 0 Å². The predicted molar refractivity (Wildman–Crippen MR) is 60.4 cm³/mol. The molecule has 0 aliphatic carbocycles. The number of ketones is 1. The summed E-state index contributed by atoms with van der Waals surface area (Å²) in [6, 6.07) is 0.741. The van der Waals surface area contributed by atoms with Gasteiger partial charge >= 0.3 is 0 Å². The van der Waals surface area contributed by atoms with Gasteiger partial charge in [-0.25, -0.2) is 0 Å². The molecule has 0 radical (unpaired) electrons. The highest BCUT2D eigenvalue weighted by Gasteiger charge is 2.25. The Balaban J connectivity index is 4.59. The number of thiol groups is 1. The van der Waals surface area contributed by atoms with E-state index < -0.39 is 0 Å². The van der Waals surface area contributed by atoms with Crippen molar-refractivity contribution < 1.29 is 4.79 Å². The first-order chi connectivity index (χ1) is 5.91. The third kappa shape index (κ3) is 3.69. The Bertz CT molecular complexity index is 160. The van der Waals surface area contributed by atoms with Crippen molar-refractivity contribution >= 4 is 18.4 Å². The quantitative estimate of drug-likeness (QED) is 0.690. The van der Waals surface area contributed by atoms with E-state index >= 15 is 0 Å². The van der Waals surface area contributed by atoms with Gasteiger partial charge in [-0.15, -0.1) is 0 Å². The fourth-order valence-corrected chi connectivity index (χ4v) is 2.19. The summed E-state index contributed by atoms with van der Waals surface area (Å²) >= 11 is 4.22. The first-order valence-corrected chi connectivity index (χ1v) is 5.43. The molecule has 0 saturated carbocycles. The molecule has 0 aromatic heterocycles. The van der Waals surface area contributed by atoms with Gasteiger partial charge in [0.05, 0.1) is 6.04 Å². The number of rotatable bonds is 5. The molecular weight excluding hydrogens is 182 g/mol. The zero-order valence-corrected chi connectivity index (χ0v) is 10.1. The lowest BCUT2D eigenvalue weighted by Gasteiger charge is -2.36. The maximum Gasteiger partial charge on any atom is 0.147 e. The molecule has 78 valence electrons. The molecule has 0 amide bonds. The Labute approximate surface area is 87.1 Å². The molecule has 13 heavy (non-hydrogen) atoms. The lowest BCUT2D eigenvalue weighted by Crippen LogP contribution is -2.49. The van der Waals surface area contributed by atoms with Crippen molar-refractivity contribution in [3.05, 3.63) is 0 Å². The first kappa shape index (κ1) is 13.0. The van der Waals surface area contributed by atoms with Crippen LogP contribution in [0, 0.1) is 0 Å². The van der Waals surface area contributed by atoms with Crippen molar-refractivity contribution in [2.45, 2.75) is 52.7 Å². The maximum atomic E-state index is 11.3. The van der Waals surface area contributed by atoms with E-state index in [1.54, 1.807) is 6.92 Å². The number of carbonyl (C=O) groups excluding carboxylic acids is 1. The summed E-state index contributed by atoms with van der Waals surface area (Å²) in [4.78, 5) is 13.5. The minimum atomic E-state index is -0.0386. The van der Waals surface area contributed by atoms with E-state index in [4.69, 9.17) is 0 Å². The van der Waals surface area contributed by atoms with Crippen LogP contribution in [-0.4, -0.2) is 34.6 Å². The molecule has 0 N–H and O–H groups in total. The molecule has 3 heteroatoms. The molecule has 0 heterocycles. The summed E-state index contributed by atoms with van der Waals surface area (Å²) in [7, 11) is 0. The molecular formula is C10H21NOS. The van der Waals surface area contributed by atoms with E-state index in [1.807, 2.05) is 0 Å². The van der Waals surface area contributed by atoms with Crippen molar-refractivity contribution in [3.8, 4) is 0 Å². The van der Waals surface area contributed by atoms with Gasteiger partial charge in [0.15, 0.2) is 0 Å². The van der Waals surface area contributed by atoms with Crippen LogP contribution in [0.5, 0.6) is 0 Å². The van der Waals surface area contributed by atoms with E-state index in [0.29, 0.717) is 17.8 Å². The van der Waals surface area contributed by atoms with Gasteiger partial charge < -0.3 is 0 Å². The monoisotopic (exact) mass is 203 g/mol. The third-order valence-electron chi connectivity index (χ3n) is 2.19. The highest BCUT2D eigenvalue weighted by atomic mass is 32.1. The molecule has 0 aromatic carbocycles. The second kappa shape index (κ2) is 5.66. The van der Waals surface area contributed by atoms with Crippen LogP contribution in [0.4, 0.5) is 0 Å². The number of hydrogen-bond acceptors (Lipinski definition) is 3. The SMILES string of the molecule is CC(=O)C(CS)N(C(C)C)C(C)C. The molecule has 0 saturated heterocycles. The van der Waals surface area contributed by atoms with Crippen LogP contribution in [0.3, 0.4) is 0 Å². The van der Waals surface area contributed by atoms with Gasteiger partial charge in [0.25, 0.3) is 0 Å². The zero-order valence-electron chi connectivity index (χ0n) is 9.24. The molecule has 0 fully saturated rings. The van der Waals surface area contributed by atoms with E-state index in [9.17, 15) is 4.79 Å². The molecule has 0 aliphatic rings. The molecule has 1 atom stereocenters. The van der Waals surface area contributed by atoms with E-state index in [1.165, 1.54) is 0 Å². The molecule has 0 aliphatic heterocycles. The summed E-state index contributed by atoms with van der Waals surface area (Å²) in [6.07, 6.45) is 0. The molecule has 0 aromatic rings. The summed E-state index contributed by atoms with van der Waals surface area (Å²) in [5.41, 5.74) is 0. The summed E-state index contributed by atoms with van der Waals surface area (Å²) in [6.45, 7) is 10.1. The van der Waals surface area contributed by atoms with Gasteiger partial charge in [-0.3, -0.25) is 9.69 Å². The Morgan fingerprint density at radius 1 is 1.23 bits per heavy atom. The van der Waals surface area contributed by atoms with Crippen LogP contribution in [-0.2, 0) is 4.79 Å². The number of carbonyl (C=O) groups is 1. The second-order valence-corrected chi connectivity index (χ2v) is 4.31. The Morgan fingerprint density at radius 3 is 1.69 bits per heavy atom. The molecule has 1 unspecified atom stereocenters. The normalized spacial score (nSPS) is 14.2. The highest BCUT2D eigenvalue weighted by molar-refractivity contribution is 7.80. The van der Waals surface area contributed by atoms with Crippen LogP contribution in [0.15, 0.2) is 0 Å². The standard InChI is InChI=1S/C10H21NOS/c1-7(2)11(8(3)4)10(6-13)9(5)12/h7-8,10,13H,6H2,1-5H3. The number of nitrogens with zero attached hydrogens (tertiary/aromatic N) is 1. The van der Waals surface area contributed by atoms with Gasteiger partial charge in [-0.05, 0) is 34.6 Å². The second-order valence-electron chi connectivity index (χ2n) is 3.94. The van der Waals surface area contributed by atoms with Crippen LogP contribution in [0.25, 0.3) is 0 Å². The van der Waals surface area contributed by atoms with E-state index in [2.05, 4.69) is 45.2 Å². The van der Waals surface area contributed by atoms with Crippen molar-refractivity contribution in [2.24, 2.45) is 0 Å². The van der Waals surface area contributed by atoms with Crippen molar-refractivity contribution in [1.29, 1.82) is 0 Å². The maximum absolute atomic E-state index is 11.3. The van der Waals surface area contributed by atoms with Gasteiger partial charge in [-0.2, -0.15) is 12.6 Å². The van der Waals surface area contributed by atoms with Crippen LogP contribution in [0.1, 0.15) is 34.6 Å². The minimum Gasteiger partial charge on any atom is -0.298 e. The summed E-state index contributed by atoms with van der Waals surface area (Å²) in [5.74, 6) is 0.809. The highest BCUT2D eigenvalue weighted by Crippen LogP contribution is 2.12. The van der Waals surface area contributed by atoms with Gasteiger partial charge in [0, 0.05) is 17.8 Å². The topological polar surface area (TPSA) is 20.3 Å². The fourth-order valence-electron chi connectivity index (χ4n) is 1.75. The minimum absolute atomic E-state index is 0.0386. The fraction of sp³-hybridized carbons (Fsp3) is 0.900. The average Bonchev–Trinajstić information content (AvgIpc) is 1.97. The smallest absolute Gasteiger partial charge is 0.147 e. The van der Waals surface area contributed by atoms with Crippen LogP contribution >= 0.6 is 12.6 Å². The number of hydrogen-bond donors (Lipinski definition) is 1. The van der Waals surface area contributed by atoms with Gasteiger partial charge in [0.1, 0.15) is 5.78 Å². The molecule has 0 rings (SSSR count). The Kier molecular flexibility index (Phi) is 5.65. The number of Topliss-reactive ketones (excluding diaryl/α,β-unsaturated/α-hetero) is 1. The van der Waals surface area contributed by atoms with Crippen LogP contribution < -0.4 is 0 Å². The average molecular weight is 203 g/mol. The largest absolute Gasteiger partial charge is 0.298 e. The van der Waals surface area contributed by atoms with Crippen molar-refractivity contribution in [2.75, 3.05) is 5.75 Å². The molecule has 0 bridgehead atoms. The van der Waals surface area contributed by atoms with Crippen molar-refractivity contribution in [3.63, 3.8) is 0 Å². The Morgan fingerprint density at radius 2 is 1.62 bits per heavy atom. The van der Waals surface area contributed by atoms with Crippen LogP contribution in [0.2, 0.25) is 0 Å². The zero-order chi connectivity index (χ0) is 10.6.